The van der Waals surface area contributed by atoms with Crippen molar-refractivity contribution in [1.29, 1.82) is 0 Å². The van der Waals surface area contributed by atoms with Gasteiger partial charge in [-0.3, -0.25) is 0 Å². The van der Waals surface area contributed by atoms with Gasteiger partial charge in [0, 0.05) is 5.02 Å². The monoisotopic (exact) mass is 299 g/mol. The van der Waals surface area contributed by atoms with Gasteiger partial charge in [0.15, 0.2) is 0 Å². The Bertz CT molecular complexity index is 631. The van der Waals surface area contributed by atoms with Crippen LogP contribution in [0.4, 0.5) is 0 Å². The van der Waals surface area contributed by atoms with Crippen LogP contribution in [0.25, 0.3) is 0 Å². The molecule has 1 aliphatic carbocycles. The summed E-state index contributed by atoms with van der Waals surface area (Å²) in [5.41, 5.74) is 5.26. The van der Waals surface area contributed by atoms with E-state index < -0.39 is 0 Å². The zero-order valence-electron chi connectivity index (χ0n) is 12.7. The lowest BCUT2D eigenvalue weighted by atomic mass is 9.76. The third-order valence-corrected chi connectivity index (χ3v) is 5.08. The van der Waals surface area contributed by atoms with E-state index in [9.17, 15) is 0 Å². The summed E-state index contributed by atoms with van der Waals surface area (Å²) in [5.74, 6) is 0.734. The highest BCUT2D eigenvalue weighted by atomic mass is 35.5. The normalized spacial score (nSPS) is 16.5. The zero-order valence-corrected chi connectivity index (χ0v) is 13.5. The Labute approximate surface area is 132 Å². The average Bonchev–Trinajstić information content (AvgIpc) is 2.43. The fourth-order valence-electron chi connectivity index (χ4n) is 3.16. The number of benzene rings is 2. The van der Waals surface area contributed by atoms with Crippen LogP contribution in [0, 0.1) is 6.92 Å². The molecule has 110 valence electrons. The maximum absolute atomic E-state index is 6.32. The summed E-state index contributed by atoms with van der Waals surface area (Å²) in [6.45, 7) is 2.04. The molecule has 1 fully saturated rings. The van der Waals surface area contributed by atoms with Gasteiger partial charge in [0.05, 0.1) is 6.04 Å². The predicted molar refractivity (Wildman–Crippen MR) is 90.1 cm³/mol. The minimum atomic E-state index is 0.208. The second kappa shape index (κ2) is 6.21. The van der Waals surface area contributed by atoms with Crippen molar-refractivity contribution < 1.29 is 0 Å². The SMILES string of the molecule is CNC(c1ccc(C)c(Cl)c1)c1ccccc1C1CCC1. The lowest BCUT2D eigenvalue weighted by molar-refractivity contribution is 0.415. The summed E-state index contributed by atoms with van der Waals surface area (Å²) in [6, 6.07) is 15.4. The Balaban J connectivity index is 2.01. The minimum absolute atomic E-state index is 0.208. The van der Waals surface area contributed by atoms with Gasteiger partial charge in [-0.25, -0.2) is 0 Å². The highest BCUT2D eigenvalue weighted by molar-refractivity contribution is 6.31. The molecular weight excluding hydrogens is 278 g/mol. The number of rotatable bonds is 4. The van der Waals surface area contributed by atoms with Crippen LogP contribution in [0.1, 0.15) is 53.5 Å². The van der Waals surface area contributed by atoms with Crippen molar-refractivity contribution in [2.24, 2.45) is 0 Å². The number of hydrogen-bond acceptors (Lipinski definition) is 1. The topological polar surface area (TPSA) is 12.0 Å². The molecule has 1 unspecified atom stereocenters. The molecule has 1 N–H and O–H groups in total. The fraction of sp³-hybridized carbons (Fsp3) is 0.368. The molecule has 1 atom stereocenters. The van der Waals surface area contributed by atoms with Crippen molar-refractivity contribution >= 4 is 11.6 Å². The van der Waals surface area contributed by atoms with Crippen LogP contribution in [0.3, 0.4) is 0 Å². The van der Waals surface area contributed by atoms with Crippen molar-refractivity contribution in [2.45, 2.75) is 38.1 Å². The van der Waals surface area contributed by atoms with Crippen molar-refractivity contribution in [3.05, 3.63) is 69.7 Å². The number of nitrogens with one attached hydrogen (secondary N) is 1. The number of halogens is 1. The zero-order chi connectivity index (χ0) is 14.8. The van der Waals surface area contributed by atoms with E-state index in [2.05, 4.69) is 47.8 Å². The number of hydrogen-bond donors (Lipinski definition) is 1. The largest absolute Gasteiger partial charge is 0.309 e. The molecule has 0 saturated heterocycles. The van der Waals surface area contributed by atoms with Gasteiger partial charge in [-0.15, -0.1) is 0 Å². The van der Waals surface area contributed by atoms with E-state index in [1.54, 1.807) is 0 Å². The quantitative estimate of drug-likeness (QED) is 0.815. The van der Waals surface area contributed by atoms with Gasteiger partial charge in [-0.05, 0) is 61.1 Å². The van der Waals surface area contributed by atoms with Crippen LogP contribution in [-0.2, 0) is 0 Å². The van der Waals surface area contributed by atoms with Gasteiger partial charge in [0.1, 0.15) is 0 Å². The molecule has 21 heavy (non-hydrogen) atoms. The summed E-state index contributed by atoms with van der Waals surface area (Å²) in [5, 5.41) is 4.31. The second-order valence-corrected chi connectivity index (χ2v) is 6.39. The first-order valence-corrected chi connectivity index (χ1v) is 8.10. The smallest absolute Gasteiger partial charge is 0.0577 e. The third-order valence-electron chi connectivity index (χ3n) is 4.67. The minimum Gasteiger partial charge on any atom is -0.309 e. The molecule has 0 spiro atoms. The molecule has 0 amide bonds. The maximum Gasteiger partial charge on any atom is 0.0577 e. The van der Waals surface area contributed by atoms with Gasteiger partial charge in [0.25, 0.3) is 0 Å². The molecule has 1 aliphatic rings. The Morgan fingerprint density at radius 3 is 2.52 bits per heavy atom. The van der Waals surface area contributed by atoms with E-state index in [1.807, 2.05) is 14.0 Å². The highest BCUT2D eigenvalue weighted by Crippen LogP contribution is 2.40. The molecule has 0 heterocycles. The molecule has 2 aromatic carbocycles. The van der Waals surface area contributed by atoms with Gasteiger partial charge in [-0.1, -0.05) is 54.4 Å². The van der Waals surface area contributed by atoms with Crippen LogP contribution in [0.15, 0.2) is 42.5 Å². The summed E-state index contributed by atoms with van der Waals surface area (Å²) in [7, 11) is 2.02. The van der Waals surface area contributed by atoms with E-state index >= 15 is 0 Å². The summed E-state index contributed by atoms with van der Waals surface area (Å²) in [6.07, 6.45) is 4.00. The van der Waals surface area contributed by atoms with E-state index in [0.717, 1.165) is 16.5 Å². The maximum atomic E-state index is 6.32. The molecule has 1 saturated carbocycles. The average molecular weight is 300 g/mol. The van der Waals surface area contributed by atoms with Crippen LogP contribution in [-0.4, -0.2) is 7.05 Å². The summed E-state index contributed by atoms with van der Waals surface area (Å²) >= 11 is 6.32. The van der Waals surface area contributed by atoms with Crippen LogP contribution in [0.2, 0.25) is 5.02 Å². The van der Waals surface area contributed by atoms with Crippen molar-refractivity contribution in [3.63, 3.8) is 0 Å². The highest BCUT2D eigenvalue weighted by Gasteiger charge is 2.25. The Kier molecular flexibility index (Phi) is 4.32. The van der Waals surface area contributed by atoms with Crippen LogP contribution in [0.5, 0.6) is 0 Å². The van der Waals surface area contributed by atoms with Gasteiger partial charge >= 0.3 is 0 Å². The molecule has 0 bridgehead atoms. The predicted octanol–water partition coefficient (Wildman–Crippen LogP) is 5.22. The lowest BCUT2D eigenvalue weighted by Gasteiger charge is -2.30. The van der Waals surface area contributed by atoms with Gasteiger partial charge in [-0.2, -0.15) is 0 Å². The Morgan fingerprint density at radius 2 is 1.90 bits per heavy atom. The number of aryl methyl sites for hydroxylation is 1. The molecule has 2 aromatic rings. The Hall–Kier alpha value is -1.31. The van der Waals surface area contributed by atoms with Gasteiger partial charge in [0.2, 0.25) is 0 Å². The first-order valence-electron chi connectivity index (χ1n) is 7.73. The second-order valence-electron chi connectivity index (χ2n) is 5.99. The standard InChI is InChI=1S/C19H22ClN/c1-13-10-11-15(12-18(13)20)19(21-2)17-9-4-3-8-16(17)14-6-5-7-14/h3-4,8-12,14,19,21H,5-7H2,1-2H3. The molecule has 0 aromatic heterocycles. The van der Waals surface area contributed by atoms with Crippen molar-refractivity contribution in [3.8, 4) is 0 Å². The molecule has 0 radical (unpaired) electrons. The first-order chi connectivity index (χ1) is 10.2. The summed E-state index contributed by atoms with van der Waals surface area (Å²) < 4.78 is 0. The fourth-order valence-corrected chi connectivity index (χ4v) is 3.34. The van der Waals surface area contributed by atoms with E-state index in [-0.39, 0.29) is 6.04 Å². The van der Waals surface area contributed by atoms with E-state index in [4.69, 9.17) is 11.6 Å². The van der Waals surface area contributed by atoms with Crippen LogP contribution < -0.4 is 5.32 Å². The molecule has 0 aliphatic heterocycles. The van der Waals surface area contributed by atoms with Crippen LogP contribution >= 0.6 is 11.6 Å². The Morgan fingerprint density at radius 1 is 1.14 bits per heavy atom. The molecular formula is C19H22ClN. The molecule has 1 nitrogen and oxygen atoms in total. The molecule has 3 rings (SSSR count). The first kappa shape index (κ1) is 14.6. The lowest BCUT2D eigenvalue weighted by Crippen LogP contribution is -2.21. The molecule has 2 heteroatoms. The van der Waals surface area contributed by atoms with Gasteiger partial charge < -0.3 is 5.32 Å². The van der Waals surface area contributed by atoms with Crippen molar-refractivity contribution in [2.75, 3.05) is 7.05 Å². The van der Waals surface area contributed by atoms with Crippen molar-refractivity contribution in [1.82, 2.24) is 5.32 Å². The van der Waals surface area contributed by atoms with E-state index in [1.165, 1.54) is 36.0 Å². The third kappa shape index (κ3) is 2.86. The van der Waals surface area contributed by atoms with E-state index in [0.29, 0.717) is 0 Å². The summed E-state index contributed by atoms with van der Waals surface area (Å²) in [4.78, 5) is 0.